The molecule has 0 amide bonds. The van der Waals surface area contributed by atoms with Gasteiger partial charge in [0.05, 0.1) is 5.56 Å². The van der Waals surface area contributed by atoms with Crippen molar-refractivity contribution in [2.45, 2.75) is 45.2 Å². The molecule has 2 atom stereocenters. The van der Waals surface area contributed by atoms with Gasteiger partial charge in [0.1, 0.15) is 5.82 Å². The highest BCUT2D eigenvalue weighted by atomic mass is 79.9. The van der Waals surface area contributed by atoms with E-state index in [1.807, 2.05) is 0 Å². The summed E-state index contributed by atoms with van der Waals surface area (Å²) in [5.41, 5.74) is -0.714. The third-order valence-electron chi connectivity index (χ3n) is 4.05. The number of halogens is 4. The molecule has 1 aliphatic rings. The molecule has 1 aromatic heterocycles. The number of alkyl halides is 3. The van der Waals surface area contributed by atoms with Gasteiger partial charge in [-0.2, -0.15) is 13.2 Å². The normalized spacial score (nSPS) is 23.1. The lowest BCUT2D eigenvalue weighted by molar-refractivity contribution is -0.137. The Morgan fingerprint density at radius 1 is 1.38 bits per heavy atom. The van der Waals surface area contributed by atoms with Crippen molar-refractivity contribution in [2.75, 3.05) is 11.9 Å². The lowest BCUT2D eigenvalue weighted by atomic mass is 9.81. The Labute approximate surface area is 131 Å². The van der Waals surface area contributed by atoms with E-state index in [2.05, 4.69) is 33.2 Å². The Morgan fingerprint density at radius 3 is 2.81 bits per heavy atom. The van der Waals surface area contributed by atoms with Crippen LogP contribution in [0.1, 0.15) is 44.6 Å². The van der Waals surface area contributed by atoms with E-state index in [9.17, 15) is 13.2 Å². The number of hydrogen-bond donors (Lipinski definition) is 1. The van der Waals surface area contributed by atoms with Crippen LogP contribution in [0.15, 0.2) is 16.7 Å². The minimum Gasteiger partial charge on any atom is -0.370 e. The van der Waals surface area contributed by atoms with E-state index < -0.39 is 11.7 Å². The fraction of sp³-hybridized carbons (Fsp3) is 0.667. The van der Waals surface area contributed by atoms with Crippen molar-refractivity contribution in [3.05, 3.63) is 22.3 Å². The highest BCUT2D eigenvalue weighted by Gasteiger charge is 2.34. The van der Waals surface area contributed by atoms with Crippen LogP contribution < -0.4 is 5.32 Å². The van der Waals surface area contributed by atoms with Gasteiger partial charge < -0.3 is 5.32 Å². The summed E-state index contributed by atoms with van der Waals surface area (Å²) in [7, 11) is 0. The van der Waals surface area contributed by atoms with Gasteiger partial charge in [-0.25, -0.2) is 4.98 Å². The lowest BCUT2D eigenvalue weighted by Crippen LogP contribution is -2.18. The summed E-state index contributed by atoms with van der Waals surface area (Å²) in [5, 5.41) is 2.86. The summed E-state index contributed by atoms with van der Waals surface area (Å²) >= 11 is 3.04. The van der Waals surface area contributed by atoms with Crippen molar-refractivity contribution in [2.24, 2.45) is 11.8 Å². The predicted molar refractivity (Wildman–Crippen MR) is 81.2 cm³/mol. The Hall–Kier alpha value is -0.780. The van der Waals surface area contributed by atoms with Crippen LogP contribution in [-0.4, -0.2) is 11.5 Å². The largest absolute Gasteiger partial charge is 0.419 e. The Kier molecular flexibility index (Phi) is 5.52. The van der Waals surface area contributed by atoms with E-state index in [-0.39, 0.29) is 5.82 Å². The second-order valence-electron chi connectivity index (χ2n) is 5.90. The molecular weight excluding hydrogens is 345 g/mol. The molecule has 0 spiro atoms. The maximum atomic E-state index is 13.0. The molecule has 1 fully saturated rings. The molecule has 21 heavy (non-hydrogen) atoms. The minimum atomic E-state index is -4.39. The summed E-state index contributed by atoms with van der Waals surface area (Å²) in [6, 6.07) is 1.07. The van der Waals surface area contributed by atoms with Gasteiger partial charge in [-0.1, -0.05) is 26.2 Å². The zero-order chi connectivity index (χ0) is 15.5. The van der Waals surface area contributed by atoms with Crippen LogP contribution in [0.25, 0.3) is 0 Å². The third kappa shape index (κ3) is 4.87. The number of anilines is 1. The molecule has 2 unspecified atom stereocenters. The molecule has 0 saturated heterocycles. The van der Waals surface area contributed by atoms with Crippen molar-refractivity contribution in [1.82, 2.24) is 4.98 Å². The number of nitrogens with one attached hydrogen (secondary N) is 1. The fourth-order valence-electron chi connectivity index (χ4n) is 3.01. The van der Waals surface area contributed by atoms with Gasteiger partial charge in [-0.15, -0.1) is 0 Å². The molecule has 1 aromatic rings. The highest BCUT2D eigenvalue weighted by molar-refractivity contribution is 9.10. The van der Waals surface area contributed by atoms with Crippen LogP contribution in [0.2, 0.25) is 0 Å². The van der Waals surface area contributed by atoms with Gasteiger partial charge in [-0.3, -0.25) is 0 Å². The maximum absolute atomic E-state index is 13.0. The molecule has 1 aliphatic carbocycles. The Bertz CT molecular complexity index is 476. The van der Waals surface area contributed by atoms with Crippen LogP contribution in [-0.2, 0) is 6.18 Å². The third-order valence-corrected chi connectivity index (χ3v) is 4.48. The number of nitrogens with zero attached hydrogens (tertiary/aromatic N) is 1. The molecule has 1 heterocycles. The molecule has 2 rings (SSSR count). The van der Waals surface area contributed by atoms with E-state index in [0.29, 0.717) is 16.9 Å². The smallest absolute Gasteiger partial charge is 0.370 e. The van der Waals surface area contributed by atoms with Crippen molar-refractivity contribution in [3.63, 3.8) is 0 Å². The molecule has 0 aromatic carbocycles. The van der Waals surface area contributed by atoms with Gasteiger partial charge in [-0.05, 0) is 46.7 Å². The van der Waals surface area contributed by atoms with Crippen LogP contribution in [0.4, 0.5) is 19.0 Å². The average Bonchev–Trinajstić information content (AvgIpc) is 2.39. The van der Waals surface area contributed by atoms with Gasteiger partial charge in [0, 0.05) is 17.2 Å². The molecule has 1 N–H and O–H groups in total. The van der Waals surface area contributed by atoms with Gasteiger partial charge in [0.15, 0.2) is 0 Å². The molecule has 0 radical (unpaired) electrons. The summed E-state index contributed by atoms with van der Waals surface area (Å²) in [4.78, 5) is 3.86. The monoisotopic (exact) mass is 364 g/mol. The van der Waals surface area contributed by atoms with Crippen molar-refractivity contribution < 1.29 is 13.2 Å². The first-order valence-electron chi connectivity index (χ1n) is 7.33. The van der Waals surface area contributed by atoms with E-state index in [4.69, 9.17) is 0 Å². The summed E-state index contributed by atoms with van der Waals surface area (Å²) in [6.07, 6.45) is 2.78. The molecule has 1 saturated carbocycles. The summed E-state index contributed by atoms with van der Waals surface area (Å²) in [5.74, 6) is 1.28. The molecule has 6 heteroatoms. The quantitative estimate of drug-likeness (QED) is 0.763. The first-order valence-corrected chi connectivity index (χ1v) is 8.12. The summed E-state index contributed by atoms with van der Waals surface area (Å²) < 4.78 is 39.2. The zero-order valence-electron chi connectivity index (χ0n) is 12.0. The van der Waals surface area contributed by atoms with Crippen molar-refractivity contribution in [3.8, 4) is 0 Å². The number of aromatic nitrogens is 1. The average molecular weight is 365 g/mol. The van der Waals surface area contributed by atoms with E-state index >= 15 is 0 Å². The topological polar surface area (TPSA) is 24.9 Å². The molecule has 0 aliphatic heterocycles. The molecular formula is C15H20BrF3N2. The van der Waals surface area contributed by atoms with E-state index in [1.54, 1.807) is 0 Å². The second-order valence-corrected chi connectivity index (χ2v) is 6.82. The SMILES string of the molecule is CC1CCCC(CCNc2ncc(Br)cc2C(F)(F)F)C1. The first-order chi connectivity index (χ1) is 9.86. The Morgan fingerprint density at radius 2 is 2.14 bits per heavy atom. The fourth-order valence-corrected chi connectivity index (χ4v) is 3.34. The zero-order valence-corrected chi connectivity index (χ0v) is 13.6. The van der Waals surface area contributed by atoms with Crippen LogP contribution in [0.5, 0.6) is 0 Å². The molecule has 0 bridgehead atoms. The number of rotatable bonds is 4. The number of hydrogen-bond acceptors (Lipinski definition) is 2. The van der Waals surface area contributed by atoms with Gasteiger partial charge in [0.2, 0.25) is 0 Å². The minimum absolute atomic E-state index is 0.0745. The molecule has 118 valence electrons. The van der Waals surface area contributed by atoms with Crippen molar-refractivity contribution >= 4 is 21.7 Å². The van der Waals surface area contributed by atoms with Gasteiger partial charge >= 0.3 is 6.18 Å². The lowest BCUT2D eigenvalue weighted by Gasteiger charge is -2.26. The maximum Gasteiger partial charge on any atom is 0.419 e. The van der Waals surface area contributed by atoms with Crippen LogP contribution in [0, 0.1) is 11.8 Å². The first kappa shape index (κ1) is 16.6. The number of pyridine rings is 1. The highest BCUT2D eigenvalue weighted by Crippen LogP contribution is 2.35. The van der Waals surface area contributed by atoms with Gasteiger partial charge in [0.25, 0.3) is 0 Å². The van der Waals surface area contributed by atoms with Crippen molar-refractivity contribution in [1.29, 1.82) is 0 Å². The summed E-state index contributed by atoms with van der Waals surface area (Å²) in [6.45, 7) is 2.78. The van der Waals surface area contributed by atoms with E-state index in [1.165, 1.54) is 31.9 Å². The second kappa shape index (κ2) is 6.99. The predicted octanol–water partition coefficient (Wildman–Crippen LogP) is 5.49. The molecule has 2 nitrogen and oxygen atoms in total. The van der Waals surface area contributed by atoms with E-state index in [0.717, 1.165) is 18.4 Å². The Balaban J connectivity index is 1.94. The van der Waals surface area contributed by atoms with Crippen LogP contribution >= 0.6 is 15.9 Å². The van der Waals surface area contributed by atoms with Crippen LogP contribution in [0.3, 0.4) is 0 Å². The standard InChI is InChI=1S/C15H20BrF3N2/c1-10-3-2-4-11(7-10)5-6-20-14-13(15(17,18)19)8-12(16)9-21-14/h8-11H,2-7H2,1H3,(H,20,21).